The molecular formula is C14H25N. The second-order valence-electron chi connectivity index (χ2n) is 6.13. The van der Waals surface area contributed by atoms with Crippen molar-refractivity contribution in [2.24, 2.45) is 11.8 Å². The van der Waals surface area contributed by atoms with Crippen molar-refractivity contribution in [1.82, 2.24) is 4.90 Å². The van der Waals surface area contributed by atoms with Crippen LogP contribution in [0.2, 0.25) is 0 Å². The van der Waals surface area contributed by atoms with E-state index >= 15 is 0 Å². The normalized spacial score (nSPS) is 39.2. The highest BCUT2D eigenvalue weighted by Gasteiger charge is 2.32. The van der Waals surface area contributed by atoms with Crippen molar-refractivity contribution < 1.29 is 0 Å². The monoisotopic (exact) mass is 207 g/mol. The van der Waals surface area contributed by atoms with Crippen molar-refractivity contribution >= 4 is 0 Å². The molecule has 0 unspecified atom stereocenters. The lowest BCUT2D eigenvalue weighted by atomic mass is 9.84. The standard InChI is InChI=1S/C14H25N/c1-2-4-14(5-3-1)15-10-12-6-7-13(11-15)9-8-12/h12-14H,1-11H2. The second-order valence-corrected chi connectivity index (χ2v) is 6.13. The Bertz CT molecular complexity index is 185. The number of hydrogen-bond acceptors (Lipinski definition) is 1. The van der Waals surface area contributed by atoms with Crippen LogP contribution in [-0.4, -0.2) is 24.0 Å². The molecule has 0 spiro atoms. The number of fused-ring (bicyclic) bond motifs is 4. The van der Waals surface area contributed by atoms with Gasteiger partial charge in [-0.2, -0.15) is 0 Å². The molecule has 2 heterocycles. The van der Waals surface area contributed by atoms with E-state index in [0.717, 1.165) is 17.9 Å². The molecule has 1 nitrogen and oxygen atoms in total. The van der Waals surface area contributed by atoms with Crippen molar-refractivity contribution in [3.05, 3.63) is 0 Å². The van der Waals surface area contributed by atoms with Crippen LogP contribution in [-0.2, 0) is 0 Å². The lowest BCUT2D eigenvalue weighted by Gasteiger charge is -2.34. The van der Waals surface area contributed by atoms with Gasteiger partial charge in [0.25, 0.3) is 0 Å². The van der Waals surface area contributed by atoms with Crippen LogP contribution < -0.4 is 0 Å². The van der Waals surface area contributed by atoms with Crippen molar-refractivity contribution in [3.8, 4) is 0 Å². The lowest BCUT2D eigenvalue weighted by Crippen LogP contribution is -2.39. The molecule has 2 aliphatic carbocycles. The fourth-order valence-corrected chi connectivity index (χ4v) is 4.08. The van der Waals surface area contributed by atoms with Crippen molar-refractivity contribution in [2.75, 3.05) is 13.1 Å². The SMILES string of the molecule is C1CCC(N2CC3CCC(CC3)C2)CC1. The molecular weight excluding hydrogens is 182 g/mol. The zero-order valence-corrected chi connectivity index (χ0v) is 9.96. The van der Waals surface area contributed by atoms with E-state index in [1.165, 1.54) is 70.9 Å². The lowest BCUT2D eigenvalue weighted by molar-refractivity contribution is 0.143. The first kappa shape index (κ1) is 10.1. The van der Waals surface area contributed by atoms with Gasteiger partial charge in [-0.25, -0.2) is 0 Å². The molecule has 4 rings (SSSR count). The predicted octanol–water partition coefficient (Wildman–Crippen LogP) is 3.44. The van der Waals surface area contributed by atoms with E-state index in [2.05, 4.69) is 4.90 Å². The van der Waals surface area contributed by atoms with Crippen molar-refractivity contribution in [1.29, 1.82) is 0 Å². The third-order valence-electron chi connectivity index (χ3n) is 5.04. The molecule has 2 bridgehead atoms. The molecule has 2 aliphatic heterocycles. The minimum absolute atomic E-state index is 0.972. The van der Waals surface area contributed by atoms with E-state index in [-0.39, 0.29) is 0 Å². The molecule has 0 atom stereocenters. The summed E-state index contributed by atoms with van der Waals surface area (Å²) in [7, 11) is 0. The van der Waals surface area contributed by atoms with Crippen LogP contribution in [0.25, 0.3) is 0 Å². The Morgan fingerprint density at radius 2 is 1.13 bits per heavy atom. The Labute approximate surface area is 94.2 Å². The predicted molar refractivity (Wildman–Crippen MR) is 63.9 cm³/mol. The zero-order chi connectivity index (χ0) is 10.1. The zero-order valence-electron chi connectivity index (χ0n) is 9.96. The maximum atomic E-state index is 2.88. The second kappa shape index (κ2) is 4.45. The summed E-state index contributed by atoms with van der Waals surface area (Å²) in [6.07, 6.45) is 13.6. The van der Waals surface area contributed by atoms with Gasteiger partial charge in [0, 0.05) is 19.1 Å². The van der Waals surface area contributed by atoms with Gasteiger partial charge in [0.05, 0.1) is 0 Å². The summed E-state index contributed by atoms with van der Waals surface area (Å²) in [6, 6.07) is 0.972. The summed E-state index contributed by atoms with van der Waals surface area (Å²) >= 11 is 0. The Hall–Kier alpha value is -0.0400. The van der Waals surface area contributed by atoms with E-state index in [1.807, 2.05) is 0 Å². The molecule has 4 aliphatic rings. The van der Waals surface area contributed by atoms with Crippen molar-refractivity contribution in [2.45, 2.75) is 63.8 Å². The number of nitrogens with zero attached hydrogens (tertiary/aromatic N) is 1. The summed E-state index contributed by atoms with van der Waals surface area (Å²) in [5.41, 5.74) is 0. The average Bonchev–Trinajstić information content (AvgIpc) is 2.63. The van der Waals surface area contributed by atoms with Gasteiger partial charge in [0.2, 0.25) is 0 Å². The summed E-state index contributed by atoms with van der Waals surface area (Å²) in [5.74, 6) is 2.12. The number of hydrogen-bond donors (Lipinski definition) is 0. The Morgan fingerprint density at radius 1 is 0.600 bits per heavy atom. The molecule has 1 heteroatoms. The van der Waals surface area contributed by atoms with Gasteiger partial charge in [-0.05, 0) is 50.4 Å². The highest BCUT2D eigenvalue weighted by atomic mass is 15.2. The topological polar surface area (TPSA) is 3.24 Å². The van der Waals surface area contributed by atoms with Crippen LogP contribution in [0, 0.1) is 11.8 Å². The molecule has 0 aromatic heterocycles. The smallest absolute Gasteiger partial charge is 0.00954 e. The highest BCUT2D eigenvalue weighted by molar-refractivity contribution is 4.86. The summed E-state index contributed by atoms with van der Waals surface area (Å²) in [4.78, 5) is 2.88. The molecule has 0 amide bonds. The summed E-state index contributed by atoms with van der Waals surface area (Å²) < 4.78 is 0. The Kier molecular flexibility index (Phi) is 3.01. The van der Waals surface area contributed by atoms with Crippen LogP contribution in [0.1, 0.15) is 57.8 Å². The fourth-order valence-electron chi connectivity index (χ4n) is 4.08. The molecule has 0 radical (unpaired) electrons. The van der Waals surface area contributed by atoms with Gasteiger partial charge in [-0.1, -0.05) is 19.3 Å². The molecule has 0 aromatic carbocycles. The molecule has 0 N–H and O–H groups in total. The van der Waals surface area contributed by atoms with E-state index in [9.17, 15) is 0 Å². The van der Waals surface area contributed by atoms with E-state index < -0.39 is 0 Å². The molecule has 0 aromatic rings. The van der Waals surface area contributed by atoms with Crippen molar-refractivity contribution in [3.63, 3.8) is 0 Å². The van der Waals surface area contributed by atoms with Crippen LogP contribution >= 0.6 is 0 Å². The molecule has 86 valence electrons. The first-order chi connectivity index (χ1) is 7.42. The average molecular weight is 207 g/mol. The van der Waals surface area contributed by atoms with Gasteiger partial charge >= 0.3 is 0 Å². The first-order valence-electron chi connectivity index (χ1n) is 7.16. The van der Waals surface area contributed by atoms with E-state index in [0.29, 0.717) is 0 Å². The Morgan fingerprint density at radius 3 is 1.67 bits per heavy atom. The quantitative estimate of drug-likeness (QED) is 0.636. The van der Waals surface area contributed by atoms with Crippen LogP contribution in [0.15, 0.2) is 0 Å². The van der Waals surface area contributed by atoms with Gasteiger partial charge in [0.15, 0.2) is 0 Å². The maximum Gasteiger partial charge on any atom is 0.00954 e. The van der Waals surface area contributed by atoms with Gasteiger partial charge in [-0.15, -0.1) is 0 Å². The third-order valence-corrected chi connectivity index (χ3v) is 5.04. The molecule has 2 saturated heterocycles. The van der Waals surface area contributed by atoms with E-state index in [4.69, 9.17) is 0 Å². The molecule has 15 heavy (non-hydrogen) atoms. The maximum absolute atomic E-state index is 2.88. The molecule has 4 fully saturated rings. The van der Waals surface area contributed by atoms with E-state index in [1.54, 1.807) is 0 Å². The van der Waals surface area contributed by atoms with Crippen LogP contribution in [0.5, 0.6) is 0 Å². The first-order valence-corrected chi connectivity index (χ1v) is 7.16. The minimum atomic E-state index is 0.972. The summed E-state index contributed by atoms with van der Waals surface area (Å²) in [6.45, 7) is 2.89. The Balaban J connectivity index is 1.65. The van der Waals surface area contributed by atoms with Gasteiger partial charge < -0.3 is 0 Å². The van der Waals surface area contributed by atoms with Gasteiger partial charge in [-0.3, -0.25) is 4.90 Å². The highest BCUT2D eigenvalue weighted by Crippen LogP contribution is 2.36. The minimum Gasteiger partial charge on any atom is -0.300 e. The van der Waals surface area contributed by atoms with Crippen LogP contribution in [0.4, 0.5) is 0 Å². The largest absolute Gasteiger partial charge is 0.300 e. The van der Waals surface area contributed by atoms with Crippen LogP contribution in [0.3, 0.4) is 0 Å². The fraction of sp³-hybridized carbons (Fsp3) is 1.00. The third kappa shape index (κ3) is 2.22. The summed E-state index contributed by atoms with van der Waals surface area (Å²) in [5, 5.41) is 0. The van der Waals surface area contributed by atoms with Gasteiger partial charge in [0.1, 0.15) is 0 Å². The molecule has 2 saturated carbocycles. The number of rotatable bonds is 1.